The van der Waals surface area contributed by atoms with Crippen molar-refractivity contribution in [1.82, 2.24) is 5.32 Å². The fraction of sp³-hybridized carbons (Fsp3) is 0.474. The number of hydrogen-bond acceptors (Lipinski definition) is 4. The van der Waals surface area contributed by atoms with Crippen LogP contribution in [0, 0.1) is 0 Å². The normalized spacial score (nSPS) is 11.4. The molecule has 0 aromatic heterocycles. The molecular weight excluding hydrogens is 350 g/mol. The molecule has 3 amide bonds. The monoisotopic (exact) mass is 377 g/mol. The van der Waals surface area contributed by atoms with E-state index in [1.54, 1.807) is 24.3 Å². The number of carboxylic acid groups (broad SMARTS) is 1. The molecule has 8 heteroatoms. The maximum absolute atomic E-state index is 11.9. The van der Waals surface area contributed by atoms with Gasteiger partial charge in [0.05, 0.1) is 0 Å². The molecule has 0 aliphatic heterocycles. The number of amides is 3. The van der Waals surface area contributed by atoms with E-state index in [2.05, 4.69) is 10.6 Å². The summed E-state index contributed by atoms with van der Waals surface area (Å²) in [7, 11) is 0. The highest BCUT2D eigenvalue weighted by atomic mass is 16.4. The van der Waals surface area contributed by atoms with E-state index in [4.69, 9.17) is 10.8 Å². The van der Waals surface area contributed by atoms with Crippen LogP contribution >= 0.6 is 0 Å². The Bertz CT molecular complexity index is 658. The molecule has 0 aliphatic rings. The molecule has 1 aromatic rings. The van der Waals surface area contributed by atoms with Crippen molar-refractivity contribution in [3.8, 4) is 0 Å². The molecule has 0 spiro atoms. The first kappa shape index (κ1) is 22.1. The standard InChI is InChI=1S/C19H27N3O5/c1-13(23)21-16(19(26)27)12-14-8-10-15(11-9-14)22-18(25)7-5-3-2-4-6-17(20)24/h8-11,16H,2-7,12H2,1H3,(H2,20,24)(H,21,23)(H,22,25)(H,26,27). The number of carbonyl (C=O) groups is 4. The summed E-state index contributed by atoms with van der Waals surface area (Å²) in [5.41, 5.74) is 6.43. The molecule has 0 radical (unpaired) electrons. The lowest BCUT2D eigenvalue weighted by Crippen LogP contribution is -2.41. The predicted octanol–water partition coefficient (Wildman–Crippen LogP) is 1.58. The highest BCUT2D eigenvalue weighted by Gasteiger charge is 2.18. The molecule has 5 N–H and O–H groups in total. The number of carboxylic acids is 1. The third-order valence-electron chi connectivity index (χ3n) is 3.93. The Labute approximate surface area is 158 Å². The van der Waals surface area contributed by atoms with Gasteiger partial charge in [-0.25, -0.2) is 4.79 Å². The lowest BCUT2D eigenvalue weighted by atomic mass is 10.1. The minimum atomic E-state index is -1.10. The first-order valence-corrected chi connectivity index (χ1v) is 8.95. The van der Waals surface area contributed by atoms with Crippen molar-refractivity contribution in [3.05, 3.63) is 29.8 Å². The molecule has 1 rings (SSSR count). The van der Waals surface area contributed by atoms with Gasteiger partial charge in [-0.1, -0.05) is 25.0 Å². The average molecular weight is 377 g/mol. The molecule has 1 aromatic carbocycles. The molecule has 1 unspecified atom stereocenters. The zero-order valence-corrected chi connectivity index (χ0v) is 15.5. The molecule has 0 saturated carbocycles. The second kappa shape index (κ2) is 11.7. The third kappa shape index (κ3) is 9.98. The van der Waals surface area contributed by atoms with Crippen molar-refractivity contribution in [2.75, 3.05) is 5.32 Å². The van der Waals surface area contributed by atoms with Crippen LogP contribution < -0.4 is 16.4 Å². The van der Waals surface area contributed by atoms with E-state index in [1.807, 2.05) is 0 Å². The van der Waals surface area contributed by atoms with Crippen molar-refractivity contribution in [1.29, 1.82) is 0 Å². The lowest BCUT2D eigenvalue weighted by molar-refractivity contribution is -0.141. The molecule has 27 heavy (non-hydrogen) atoms. The summed E-state index contributed by atoms with van der Waals surface area (Å²) in [6.07, 6.45) is 4.14. The third-order valence-corrected chi connectivity index (χ3v) is 3.93. The number of primary amides is 1. The van der Waals surface area contributed by atoms with Crippen LogP contribution in [0.15, 0.2) is 24.3 Å². The zero-order valence-electron chi connectivity index (χ0n) is 15.5. The van der Waals surface area contributed by atoms with Crippen molar-refractivity contribution in [2.45, 2.75) is 57.9 Å². The molecule has 8 nitrogen and oxygen atoms in total. The molecule has 0 fully saturated rings. The van der Waals surface area contributed by atoms with Crippen molar-refractivity contribution >= 4 is 29.4 Å². The van der Waals surface area contributed by atoms with Gasteiger partial charge >= 0.3 is 5.97 Å². The molecule has 0 aliphatic carbocycles. The second-order valence-electron chi connectivity index (χ2n) is 6.42. The van der Waals surface area contributed by atoms with Crippen molar-refractivity contribution in [2.24, 2.45) is 5.73 Å². The largest absolute Gasteiger partial charge is 0.480 e. The van der Waals surface area contributed by atoms with Crippen LogP contribution in [0.1, 0.15) is 51.0 Å². The number of hydrogen-bond donors (Lipinski definition) is 4. The number of unbranched alkanes of at least 4 members (excludes halogenated alkanes) is 3. The van der Waals surface area contributed by atoms with Crippen LogP contribution in [0.5, 0.6) is 0 Å². The second-order valence-corrected chi connectivity index (χ2v) is 6.42. The summed E-state index contributed by atoms with van der Waals surface area (Å²) in [5.74, 6) is -1.90. The number of nitrogens with one attached hydrogen (secondary N) is 2. The number of carbonyl (C=O) groups excluding carboxylic acids is 3. The van der Waals surface area contributed by atoms with Crippen molar-refractivity contribution < 1.29 is 24.3 Å². The summed E-state index contributed by atoms with van der Waals surface area (Å²) >= 11 is 0. The molecular formula is C19H27N3O5. The highest BCUT2D eigenvalue weighted by Crippen LogP contribution is 2.13. The van der Waals surface area contributed by atoms with Gasteiger partial charge in [-0.15, -0.1) is 0 Å². The topological polar surface area (TPSA) is 139 Å². The molecule has 0 saturated heterocycles. The smallest absolute Gasteiger partial charge is 0.326 e. The SMILES string of the molecule is CC(=O)NC(Cc1ccc(NC(=O)CCCCCCC(N)=O)cc1)C(=O)O. The van der Waals surface area contributed by atoms with Gasteiger partial charge in [0.25, 0.3) is 0 Å². The number of nitrogens with two attached hydrogens (primary N) is 1. The van der Waals surface area contributed by atoms with Gasteiger partial charge in [-0.2, -0.15) is 0 Å². The fourth-order valence-corrected chi connectivity index (χ4v) is 2.57. The van der Waals surface area contributed by atoms with Gasteiger partial charge in [0.15, 0.2) is 0 Å². The number of anilines is 1. The van der Waals surface area contributed by atoms with Gasteiger partial charge in [-0.05, 0) is 30.5 Å². The first-order valence-electron chi connectivity index (χ1n) is 8.95. The maximum Gasteiger partial charge on any atom is 0.326 e. The van der Waals surface area contributed by atoms with Crippen LogP contribution in [0.25, 0.3) is 0 Å². The summed E-state index contributed by atoms with van der Waals surface area (Å²) < 4.78 is 0. The van der Waals surface area contributed by atoms with Crippen LogP contribution in [0.2, 0.25) is 0 Å². The van der Waals surface area contributed by atoms with E-state index >= 15 is 0 Å². The Morgan fingerprint density at radius 1 is 1.00 bits per heavy atom. The Morgan fingerprint density at radius 3 is 2.11 bits per heavy atom. The Hall–Kier alpha value is -2.90. The van der Waals surface area contributed by atoms with Gasteiger partial charge < -0.3 is 21.5 Å². The van der Waals surface area contributed by atoms with Crippen LogP contribution in [0.3, 0.4) is 0 Å². The number of aliphatic carboxylic acids is 1. The maximum atomic E-state index is 11.9. The lowest BCUT2D eigenvalue weighted by Gasteiger charge is -2.13. The Morgan fingerprint density at radius 2 is 1.59 bits per heavy atom. The van der Waals surface area contributed by atoms with Crippen LogP contribution in [0.4, 0.5) is 5.69 Å². The fourth-order valence-electron chi connectivity index (χ4n) is 2.57. The highest BCUT2D eigenvalue weighted by molar-refractivity contribution is 5.90. The van der Waals surface area contributed by atoms with E-state index in [0.29, 0.717) is 18.5 Å². The Balaban J connectivity index is 2.38. The Kier molecular flexibility index (Phi) is 9.57. The molecule has 1 atom stereocenters. The average Bonchev–Trinajstić information content (AvgIpc) is 2.58. The predicted molar refractivity (Wildman–Crippen MR) is 101 cm³/mol. The minimum absolute atomic E-state index is 0.0979. The minimum Gasteiger partial charge on any atom is -0.480 e. The van der Waals surface area contributed by atoms with Gasteiger partial charge in [0, 0.05) is 31.9 Å². The van der Waals surface area contributed by atoms with Crippen molar-refractivity contribution in [3.63, 3.8) is 0 Å². The van der Waals surface area contributed by atoms with Gasteiger partial charge in [0.2, 0.25) is 17.7 Å². The molecule has 148 valence electrons. The van der Waals surface area contributed by atoms with Crippen LogP contribution in [-0.2, 0) is 25.6 Å². The van der Waals surface area contributed by atoms with Gasteiger partial charge in [0.1, 0.15) is 6.04 Å². The van der Waals surface area contributed by atoms with E-state index in [-0.39, 0.29) is 18.2 Å². The summed E-state index contributed by atoms with van der Waals surface area (Å²) in [6, 6.07) is 5.85. The van der Waals surface area contributed by atoms with Crippen LogP contribution in [-0.4, -0.2) is 34.8 Å². The van der Waals surface area contributed by atoms with Gasteiger partial charge in [-0.3, -0.25) is 14.4 Å². The summed E-state index contributed by atoms with van der Waals surface area (Å²) in [5, 5.41) is 14.3. The summed E-state index contributed by atoms with van der Waals surface area (Å²) in [6.45, 7) is 1.27. The number of benzene rings is 1. The quantitative estimate of drug-likeness (QED) is 0.410. The van der Waals surface area contributed by atoms with E-state index < -0.39 is 17.9 Å². The zero-order chi connectivity index (χ0) is 20.2. The molecule has 0 bridgehead atoms. The molecule has 0 heterocycles. The number of rotatable bonds is 12. The summed E-state index contributed by atoms with van der Waals surface area (Å²) in [4.78, 5) is 44.7. The van der Waals surface area contributed by atoms with E-state index in [1.165, 1.54) is 6.92 Å². The first-order chi connectivity index (χ1) is 12.8. The van der Waals surface area contributed by atoms with E-state index in [9.17, 15) is 19.2 Å². The van der Waals surface area contributed by atoms with E-state index in [0.717, 1.165) is 31.2 Å².